The molecule has 1 aliphatic heterocycles. The topological polar surface area (TPSA) is 38.9 Å². The summed E-state index contributed by atoms with van der Waals surface area (Å²) in [7, 11) is -1.70. The van der Waals surface area contributed by atoms with Crippen LogP contribution >= 0.6 is 0 Å². The van der Waals surface area contributed by atoms with E-state index in [0.717, 1.165) is 39.1 Å². The molecule has 4 heterocycles. The number of hydrogen-bond donors (Lipinski definition) is 0. The molecule has 0 bridgehead atoms. The van der Waals surface area contributed by atoms with Gasteiger partial charge in [0.1, 0.15) is 13.7 Å². The van der Waals surface area contributed by atoms with Gasteiger partial charge in [-0.2, -0.15) is 0 Å². The third kappa shape index (κ3) is 5.79. The minimum atomic E-state index is -1.72. The van der Waals surface area contributed by atoms with Crippen LogP contribution in [0.2, 0.25) is 30.4 Å². The molecule has 0 spiro atoms. The van der Waals surface area contributed by atoms with Crippen LogP contribution in [0.1, 0.15) is 0 Å². The van der Waals surface area contributed by atoms with Crippen LogP contribution in [0.5, 0.6) is 0 Å². The van der Waals surface area contributed by atoms with Gasteiger partial charge in [-0.05, 0) is 39.3 Å². The number of hydrogen-bond acceptors (Lipinski definition) is 3. The molecule has 1 aliphatic rings. The minimum absolute atomic E-state index is 0. The first-order valence-electron chi connectivity index (χ1n) is 15.1. The third-order valence-corrected chi connectivity index (χ3v) is 16.5. The summed E-state index contributed by atoms with van der Waals surface area (Å²) in [5, 5.41) is 5.34. The summed E-state index contributed by atoms with van der Waals surface area (Å²) in [6, 6.07) is 42.3. The molecule has 0 saturated heterocycles. The SMILES string of the molecule is C[Si]1(C)c2ccccc2-c2cc3oc4c(-c5ccccn5)[c-]ccc4c3cc21.[CH3][Ge]([CH3])([CH3])[c]1ccc(-c2[c-]cccc2)nc1.[Ir]. The zero-order valence-electron chi connectivity index (χ0n) is 26.1. The number of pyridine rings is 2. The van der Waals surface area contributed by atoms with Gasteiger partial charge in [-0.1, -0.05) is 66.5 Å². The average molecular weight is 840 g/mol. The Morgan fingerprint density at radius 3 is 2.20 bits per heavy atom. The normalized spacial score (nSPS) is 13.0. The maximum absolute atomic E-state index is 6.39. The van der Waals surface area contributed by atoms with E-state index in [1.807, 2.05) is 60.9 Å². The van der Waals surface area contributed by atoms with Gasteiger partial charge in [0, 0.05) is 31.7 Å². The summed E-state index contributed by atoms with van der Waals surface area (Å²) in [5.74, 6) is 7.14. The second kappa shape index (κ2) is 12.3. The van der Waals surface area contributed by atoms with E-state index < -0.39 is 21.3 Å². The Balaban J connectivity index is 0.000000181. The first-order valence-corrected chi connectivity index (χ1v) is 25.4. The number of nitrogens with zero attached hydrogens (tertiary/aromatic N) is 2. The predicted molar refractivity (Wildman–Crippen MR) is 189 cm³/mol. The Labute approximate surface area is 282 Å². The third-order valence-electron chi connectivity index (χ3n) is 8.67. The number of furan rings is 1. The Hall–Kier alpha value is -3.61. The monoisotopic (exact) mass is 841 g/mol. The molecule has 0 fully saturated rings. The fraction of sp³-hybridized carbons (Fsp3) is 0.128. The van der Waals surface area contributed by atoms with Gasteiger partial charge in [0.25, 0.3) is 0 Å². The van der Waals surface area contributed by atoms with Gasteiger partial charge in [-0.15, -0.1) is 18.2 Å². The van der Waals surface area contributed by atoms with E-state index in [2.05, 4.69) is 107 Å². The van der Waals surface area contributed by atoms with Crippen LogP contribution in [-0.4, -0.2) is 31.3 Å². The van der Waals surface area contributed by atoms with E-state index in [1.165, 1.54) is 31.3 Å². The van der Waals surface area contributed by atoms with Crippen LogP contribution in [0.4, 0.5) is 0 Å². The zero-order valence-corrected chi connectivity index (χ0v) is 31.6. The second-order valence-corrected chi connectivity index (χ2v) is 27.9. The van der Waals surface area contributed by atoms with Crippen molar-refractivity contribution in [2.45, 2.75) is 30.4 Å². The van der Waals surface area contributed by atoms with Crippen molar-refractivity contribution in [1.29, 1.82) is 0 Å². The molecule has 0 unspecified atom stereocenters. The predicted octanol–water partition coefficient (Wildman–Crippen LogP) is 8.34. The van der Waals surface area contributed by atoms with Crippen molar-refractivity contribution < 1.29 is 24.5 Å². The Morgan fingerprint density at radius 1 is 0.689 bits per heavy atom. The van der Waals surface area contributed by atoms with E-state index in [1.54, 1.807) is 0 Å². The molecule has 0 atom stereocenters. The van der Waals surface area contributed by atoms with Crippen molar-refractivity contribution in [3.05, 3.63) is 128 Å². The van der Waals surface area contributed by atoms with Gasteiger partial charge in [0.15, 0.2) is 0 Å². The van der Waals surface area contributed by atoms with E-state index in [-0.39, 0.29) is 20.1 Å². The van der Waals surface area contributed by atoms with Crippen molar-refractivity contribution in [3.63, 3.8) is 0 Å². The summed E-state index contributed by atoms with van der Waals surface area (Å²) < 4.78 is 7.83. The van der Waals surface area contributed by atoms with Crippen molar-refractivity contribution in [1.82, 2.24) is 9.97 Å². The summed E-state index contributed by atoms with van der Waals surface area (Å²) in [5.41, 5.74) is 8.40. The molecule has 0 saturated carbocycles. The molecule has 4 aromatic carbocycles. The number of benzene rings is 4. The summed E-state index contributed by atoms with van der Waals surface area (Å²) >= 11 is -1.72. The molecule has 0 amide bonds. The largest absolute Gasteiger partial charge is 0 e. The molecule has 7 aromatic rings. The van der Waals surface area contributed by atoms with Crippen LogP contribution in [0.3, 0.4) is 0 Å². The zero-order chi connectivity index (χ0) is 30.5. The van der Waals surface area contributed by atoms with Gasteiger partial charge in [0.2, 0.25) is 0 Å². The Bertz CT molecular complexity index is 2120. The molecule has 45 heavy (non-hydrogen) atoms. The van der Waals surface area contributed by atoms with Gasteiger partial charge < -0.3 is 9.40 Å². The molecule has 6 heteroatoms. The maximum atomic E-state index is 6.39. The molecule has 3 nitrogen and oxygen atoms in total. The van der Waals surface area contributed by atoms with Gasteiger partial charge in [0.05, 0.1) is 5.58 Å². The molecule has 1 radical (unpaired) electrons. The van der Waals surface area contributed by atoms with Crippen molar-refractivity contribution >= 4 is 58.0 Å². The van der Waals surface area contributed by atoms with Gasteiger partial charge in [-0.3, -0.25) is 0 Å². The maximum Gasteiger partial charge on any atom is 0 e. The first kappa shape index (κ1) is 31.4. The number of fused-ring (bicyclic) bond motifs is 6. The first-order chi connectivity index (χ1) is 21.2. The van der Waals surface area contributed by atoms with Crippen LogP contribution in [-0.2, 0) is 20.1 Å². The van der Waals surface area contributed by atoms with Gasteiger partial charge >= 0.3 is 99.8 Å². The molecular weight excluding hydrogens is 805 g/mol. The Kier molecular flexibility index (Phi) is 8.57. The van der Waals surface area contributed by atoms with Crippen LogP contribution in [0, 0.1) is 12.1 Å². The molecular formula is C39H34GeIrN2OSi-2. The van der Waals surface area contributed by atoms with Crippen LogP contribution in [0.25, 0.3) is 55.6 Å². The van der Waals surface area contributed by atoms with E-state index in [9.17, 15) is 0 Å². The quantitative estimate of drug-likeness (QED) is 0.133. The fourth-order valence-corrected chi connectivity index (χ4v) is 11.4. The molecule has 3 aromatic heterocycles. The van der Waals surface area contributed by atoms with E-state index in [4.69, 9.17) is 4.42 Å². The number of rotatable bonds is 3. The summed E-state index contributed by atoms with van der Waals surface area (Å²) in [4.78, 5) is 9.03. The Morgan fingerprint density at radius 2 is 1.49 bits per heavy atom. The van der Waals surface area contributed by atoms with Crippen molar-refractivity contribution in [3.8, 4) is 33.6 Å². The van der Waals surface area contributed by atoms with E-state index in [0.29, 0.717) is 0 Å². The minimum Gasteiger partial charge on any atom is 0 e. The van der Waals surface area contributed by atoms with Crippen molar-refractivity contribution in [2.24, 2.45) is 0 Å². The molecule has 0 aliphatic carbocycles. The average Bonchev–Trinajstić information content (AvgIpc) is 3.53. The van der Waals surface area contributed by atoms with Gasteiger partial charge in [-0.25, -0.2) is 0 Å². The number of aromatic nitrogens is 2. The van der Waals surface area contributed by atoms with E-state index >= 15 is 0 Å². The molecule has 8 rings (SSSR count). The smallest absolute Gasteiger partial charge is 0 e. The van der Waals surface area contributed by atoms with Crippen LogP contribution < -0.4 is 14.8 Å². The van der Waals surface area contributed by atoms with Crippen LogP contribution in [0.15, 0.2) is 120 Å². The summed E-state index contributed by atoms with van der Waals surface area (Å²) in [6.07, 6.45) is 3.85. The summed E-state index contributed by atoms with van der Waals surface area (Å²) in [6.45, 7) is 4.89. The standard InChI is InChI=1S/C25H18NOSi.C14H16GeN.Ir/c1-28(2)23-12-4-3-8-16(23)20-14-22-19(15-24(20)28)17-9-7-10-18(25(17)27-22)21-11-5-6-13-26-21;1-15(2,3)13-9-10-14(16-11-13)12-7-5-4-6-8-12;/h3-9,11-15H,1-2H3;4-7,9-11H,1-3H3;/q2*-1;. The molecule has 0 N–H and O–H groups in total. The van der Waals surface area contributed by atoms with Crippen molar-refractivity contribution in [2.75, 3.05) is 0 Å². The second-order valence-electron chi connectivity index (χ2n) is 12.9. The molecule has 225 valence electrons. The fourth-order valence-electron chi connectivity index (χ4n) is 6.19.